The van der Waals surface area contributed by atoms with Crippen molar-refractivity contribution in [3.05, 3.63) is 35.3 Å². The minimum atomic E-state index is -2.93. The number of rotatable bonds is 4. The minimum absolute atomic E-state index is 0.00883. The summed E-state index contributed by atoms with van der Waals surface area (Å²) in [5.74, 6) is -0.179. The predicted octanol–water partition coefficient (Wildman–Crippen LogP) is 1.71. The van der Waals surface area contributed by atoms with Crippen molar-refractivity contribution in [2.75, 3.05) is 18.1 Å². The Morgan fingerprint density at radius 3 is 2.91 bits per heavy atom. The Hall–Kier alpha value is -1.89. The summed E-state index contributed by atoms with van der Waals surface area (Å²) >= 11 is 0. The van der Waals surface area contributed by atoms with Gasteiger partial charge in [0.25, 0.3) is 0 Å². The van der Waals surface area contributed by atoms with E-state index in [0.717, 1.165) is 16.8 Å². The molecule has 1 aliphatic heterocycles. The fraction of sp³-hybridized carbons (Fsp3) is 0.438. The van der Waals surface area contributed by atoms with Crippen LogP contribution in [-0.2, 0) is 21.1 Å². The number of aromatic nitrogens is 1. The smallest absolute Gasteiger partial charge is 0.224 e. The van der Waals surface area contributed by atoms with Gasteiger partial charge in [0, 0.05) is 23.1 Å². The van der Waals surface area contributed by atoms with Crippen molar-refractivity contribution < 1.29 is 17.6 Å². The second kappa shape index (κ2) is 5.96. The molecule has 2 aromatic rings. The third-order valence-corrected chi connectivity index (χ3v) is 6.17. The molecular weight excluding hydrogens is 319 g/mol. The number of benzene rings is 1. The van der Waals surface area contributed by atoms with Crippen molar-refractivity contribution in [2.24, 2.45) is 5.92 Å². The number of hydrogen-bond acceptors (Lipinski definition) is 3. The SMILES string of the molecule is Cc1[nH]c2ccc(F)cc2c1CC(=O)NC[C@@H]1CCS(=O)(=O)C1. The van der Waals surface area contributed by atoms with Crippen LogP contribution in [0, 0.1) is 18.7 Å². The summed E-state index contributed by atoms with van der Waals surface area (Å²) < 4.78 is 36.2. The normalized spacial score (nSPS) is 20.0. The average molecular weight is 338 g/mol. The van der Waals surface area contributed by atoms with E-state index in [4.69, 9.17) is 0 Å². The van der Waals surface area contributed by atoms with Crippen molar-refractivity contribution in [1.29, 1.82) is 0 Å². The fourth-order valence-electron chi connectivity index (χ4n) is 3.10. The van der Waals surface area contributed by atoms with Crippen LogP contribution in [0.3, 0.4) is 0 Å². The van der Waals surface area contributed by atoms with Gasteiger partial charge in [-0.25, -0.2) is 12.8 Å². The number of hydrogen-bond donors (Lipinski definition) is 2. The first kappa shape index (κ1) is 16.0. The Balaban J connectivity index is 1.66. The number of aromatic amines is 1. The molecule has 0 radical (unpaired) electrons. The molecule has 3 rings (SSSR count). The van der Waals surface area contributed by atoms with Gasteiger partial charge < -0.3 is 10.3 Å². The van der Waals surface area contributed by atoms with Crippen LogP contribution in [0.4, 0.5) is 4.39 Å². The Morgan fingerprint density at radius 1 is 1.43 bits per heavy atom. The van der Waals surface area contributed by atoms with Gasteiger partial charge in [-0.05, 0) is 43.0 Å². The molecule has 0 bridgehead atoms. The molecule has 0 unspecified atom stereocenters. The highest BCUT2D eigenvalue weighted by atomic mass is 32.2. The molecule has 1 aliphatic rings. The maximum absolute atomic E-state index is 13.4. The maximum Gasteiger partial charge on any atom is 0.224 e. The second-order valence-corrected chi connectivity index (χ2v) is 8.40. The molecule has 2 N–H and O–H groups in total. The lowest BCUT2D eigenvalue weighted by atomic mass is 10.1. The molecule has 2 heterocycles. The van der Waals surface area contributed by atoms with Gasteiger partial charge in [0.05, 0.1) is 17.9 Å². The molecule has 124 valence electrons. The summed E-state index contributed by atoms with van der Waals surface area (Å²) in [5.41, 5.74) is 2.41. The molecule has 1 aromatic carbocycles. The van der Waals surface area contributed by atoms with E-state index in [2.05, 4.69) is 10.3 Å². The van der Waals surface area contributed by atoms with Crippen LogP contribution in [-0.4, -0.2) is 37.4 Å². The summed E-state index contributed by atoms with van der Waals surface area (Å²) in [6, 6.07) is 4.45. The monoisotopic (exact) mass is 338 g/mol. The number of carbonyl (C=O) groups excluding carboxylic acids is 1. The van der Waals surface area contributed by atoms with Gasteiger partial charge in [-0.3, -0.25) is 4.79 Å². The summed E-state index contributed by atoms with van der Waals surface area (Å²) in [7, 11) is -2.93. The molecular formula is C16H19FN2O3S. The first-order valence-corrected chi connectivity index (χ1v) is 9.40. The topological polar surface area (TPSA) is 79.0 Å². The Morgan fingerprint density at radius 2 is 2.22 bits per heavy atom. The molecule has 0 saturated carbocycles. The number of nitrogens with one attached hydrogen (secondary N) is 2. The van der Waals surface area contributed by atoms with Crippen molar-refractivity contribution in [2.45, 2.75) is 19.8 Å². The molecule has 7 heteroatoms. The van der Waals surface area contributed by atoms with Gasteiger partial charge in [-0.2, -0.15) is 0 Å². The molecule has 1 atom stereocenters. The number of fused-ring (bicyclic) bond motifs is 1. The molecule has 23 heavy (non-hydrogen) atoms. The lowest BCUT2D eigenvalue weighted by Crippen LogP contribution is -2.31. The molecule has 0 aliphatic carbocycles. The van der Waals surface area contributed by atoms with Gasteiger partial charge in [0.2, 0.25) is 5.91 Å². The zero-order valence-corrected chi connectivity index (χ0v) is 13.7. The third-order valence-electron chi connectivity index (χ3n) is 4.33. The Kier molecular flexibility index (Phi) is 4.14. The zero-order valence-electron chi connectivity index (χ0n) is 12.9. The van der Waals surface area contributed by atoms with E-state index in [1.54, 1.807) is 6.07 Å². The molecule has 1 fully saturated rings. The number of sulfone groups is 1. The van der Waals surface area contributed by atoms with E-state index >= 15 is 0 Å². The van der Waals surface area contributed by atoms with Crippen LogP contribution in [0.25, 0.3) is 10.9 Å². The number of H-pyrrole nitrogens is 1. The first-order chi connectivity index (χ1) is 10.8. The van der Waals surface area contributed by atoms with Crippen molar-refractivity contribution in [3.8, 4) is 0 Å². The van der Waals surface area contributed by atoms with Gasteiger partial charge >= 0.3 is 0 Å². The van der Waals surface area contributed by atoms with Crippen molar-refractivity contribution in [3.63, 3.8) is 0 Å². The molecule has 1 aromatic heterocycles. The number of amides is 1. The third kappa shape index (κ3) is 3.55. The maximum atomic E-state index is 13.4. The van der Waals surface area contributed by atoms with Crippen LogP contribution in [0.1, 0.15) is 17.7 Å². The molecule has 1 saturated heterocycles. The lowest BCUT2D eigenvalue weighted by Gasteiger charge is -2.10. The second-order valence-electron chi connectivity index (χ2n) is 6.17. The standard InChI is InChI=1S/C16H19FN2O3S/c1-10-13(14-6-12(17)2-3-15(14)19-10)7-16(20)18-8-11-4-5-23(21,22)9-11/h2-3,6,11,19H,4-5,7-9H2,1H3,(H,18,20)/t11-/m0/s1. The summed E-state index contributed by atoms with van der Waals surface area (Å²) in [4.78, 5) is 15.3. The number of aryl methyl sites for hydroxylation is 1. The quantitative estimate of drug-likeness (QED) is 0.891. The van der Waals surface area contributed by atoms with E-state index in [1.807, 2.05) is 6.92 Å². The Labute approximate surface area is 134 Å². The predicted molar refractivity (Wildman–Crippen MR) is 86.5 cm³/mol. The van der Waals surface area contributed by atoms with Crippen LogP contribution in [0.5, 0.6) is 0 Å². The minimum Gasteiger partial charge on any atom is -0.358 e. The van der Waals surface area contributed by atoms with Crippen LogP contribution in [0.15, 0.2) is 18.2 Å². The lowest BCUT2D eigenvalue weighted by molar-refractivity contribution is -0.120. The van der Waals surface area contributed by atoms with E-state index in [9.17, 15) is 17.6 Å². The molecule has 1 amide bonds. The first-order valence-electron chi connectivity index (χ1n) is 7.58. The van der Waals surface area contributed by atoms with E-state index < -0.39 is 9.84 Å². The van der Waals surface area contributed by atoms with Gasteiger partial charge in [0.1, 0.15) is 5.82 Å². The van der Waals surface area contributed by atoms with E-state index in [1.165, 1.54) is 12.1 Å². The van der Waals surface area contributed by atoms with Crippen molar-refractivity contribution in [1.82, 2.24) is 10.3 Å². The van der Waals surface area contributed by atoms with Crippen molar-refractivity contribution >= 4 is 26.6 Å². The fourth-order valence-corrected chi connectivity index (χ4v) is 4.96. The van der Waals surface area contributed by atoms with Gasteiger partial charge in [-0.15, -0.1) is 0 Å². The zero-order chi connectivity index (χ0) is 16.6. The van der Waals surface area contributed by atoms with Crippen LogP contribution >= 0.6 is 0 Å². The summed E-state index contributed by atoms with van der Waals surface area (Å²) in [5, 5.41) is 3.51. The van der Waals surface area contributed by atoms with Crippen LogP contribution < -0.4 is 5.32 Å². The number of carbonyl (C=O) groups is 1. The van der Waals surface area contributed by atoms with Gasteiger partial charge in [0.15, 0.2) is 9.84 Å². The largest absolute Gasteiger partial charge is 0.358 e. The average Bonchev–Trinajstić information content (AvgIpc) is 2.97. The summed E-state index contributed by atoms with van der Waals surface area (Å²) in [6.45, 7) is 2.22. The molecule has 0 spiro atoms. The van der Waals surface area contributed by atoms with E-state index in [0.29, 0.717) is 18.4 Å². The molecule has 5 nitrogen and oxygen atoms in total. The highest BCUT2D eigenvalue weighted by molar-refractivity contribution is 7.91. The summed E-state index contributed by atoms with van der Waals surface area (Å²) in [6.07, 6.45) is 0.745. The van der Waals surface area contributed by atoms with Crippen LogP contribution in [0.2, 0.25) is 0 Å². The highest BCUT2D eigenvalue weighted by Crippen LogP contribution is 2.23. The van der Waals surface area contributed by atoms with E-state index in [-0.39, 0.29) is 35.6 Å². The highest BCUT2D eigenvalue weighted by Gasteiger charge is 2.28. The number of halogens is 1. The van der Waals surface area contributed by atoms with Gasteiger partial charge in [-0.1, -0.05) is 0 Å². The Bertz CT molecular complexity index is 858.